The molecule has 130 valence electrons. The summed E-state index contributed by atoms with van der Waals surface area (Å²) in [4.78, 5) is 0.178. The van der Waals surface area contributed by atoms with E-state index in [2.05, 4.69) is 10.6 Å². The van der Waals surface area contributed by atoms with Gasteiger partial charge >= 0.3 is 0 Å². The Morgan fingerprint density at radius 2 is 1.88 bits per heavy atom. The van der Waals surface area contributed by atoms with Crippen molar-refractivity contribution in [1.82, 2.24) is 8.87 Å². The van der Waals surface area contributed by atoms with E-state index in [1.807, 2.05) is 25.2 Å². The van der Waals surface area contributed by atoms with Crippen LogP contribution in [-0.4, -0.2) is 23.8 Å². The van der Waals surface area contributed by atoms with Gasteiger partial charge in [0.25, 0.3) is 0 Å². The summed E-state index contributed by atoms with van der Waals surface area (Å²) in [5.74, 6) is -0.425. The summed E-state index contributed by atoms with van der Waals surface area (Å²) in [6, 6.07) is 11.9. The van der Waals surface area contributed by atoms with Crippen LogP contribution < -0.4 is 0 Å². The van der Waals surface area contributed by atoms with Gasteiger partial charge in [-0.2, -0.15) is 4.31 Å². The number of aromatic nitrogens is 1. The van der Waals surface area contributed by atoms with Gasteiger partial charge in [-0.05, 0) is 42.3 Å². The predicted octanol–water partition coefficient (Wildman–Crippen LogP) is 3.37. The number of para-hydroxylation sites is 1. The number of hydrogen-bond donors (Lipinski definition) is 0. The molecule has 25 heavy (non-hydrogen) atoms. The Kier molecular flexibility index (Phi) is 3.70. The molecular formula is C19H19FN2O2S. The molecule has 0 spiro atoms. The van der Waals surface area contributed by atoms with Crippen LogP contribution in [0.15, 0.2) is 47.4 Å². The van der Waals surface area contributed by atoms with Crippen molar-refractivity contribution >= 4 is 20.9 Å². The van der Waals surface area contributed by atoms with Crippen molar-refractivity contribution < 1.29 is 12.8 Å². The van der Waals surface area contributed by atoms with Crippen molar-refractivity contribution in [2.24, 2.45) is 7.05 Å². The smallest absolute Gasteiger partial charge is 0.243 e. The molecule has 0 saturated heterocycles. The van der Waals surface area contributed by atoms with E-state index in [1.165, 1.54) is 28.2 Å². The number of hydrogen-bond acceptors (Lipinski definition) is 2. The summed E-state index contributed by atoms with van der Waals surface area (Å²) in [5.41, 5.74) is 3.80. The van der Waals surface area contributed by atoms with Crippen LogP contribution in [0.5, 0.6) is 0 Å². The molecule has 0 aliphatic carbocycles. The minimum atomic E-state index is -3.65. The van der Waals surface area contributed by atoms with Crippen molar-refractivity contribution in [1.29, 1.82) is 0 Å². The van der Waals surface area contributed by atoms with Gasteiger partial charge in [-0.15, -0.1) is 0 Å². The lowest BCUT2D eigenvalue weighted by Crippen LogP contribution is -2.36. The first kappa shape index (κ1) is 16.3. The molecule has 2 heterocycles. The Hall–Kier alpha value is -2.18. The van der Waals surface area contributed by atoms with Crippen LogP contribution in [0.4, 0.5) is 4.39 Å². The monoisotopic (exact) mass is 358 g/mol. The molecule has 0 N–H and O–H groups in total. The molecular weight excluding hydrogens is 339 g/mol. The standard InChI is InChI=1S/C19H19FN2O2S/c1-13-11-14(20)7-8-19(13)25(23,24)22-10-9-18-16(12-22)15-5-3-4-6-17(15)21(18)2/h3-8,11H,9-10,12H2,1-2H3. The Morgan fingerprint density at radius 1 is 1.12 bits per heavy atom. The lowest BCUT2D eigenvalue weighted by atomic mass is 10.1. The molecule has 0 bridgehead atoms. The zero-order valence-electron chi connectivity index (χ0n) is 14.2. The van der Waals surface area contributed by atoms with Crippen molar-refractivity contribution in [3.05, 3.63) is 65.1 Å². The number of rotatable bonds is 2. The molecule has 4 nitrogen and oxygen atoms in total. The van der Waals surface area contributed by atoms with Gasteiger partial charge in [-0.1, -0.05) is 18.2 Å². The van der Waals surface area contributed by atoms with E-state index in [-0.39, 0.29) is 4.90 Å². The molecule has 3 aromatic rings. The van der Waals surface area contributed by atoms with Crippen LogP contribution in [0.1, 0.15) is 16.8 Å². The van der Waals surface area contributed by atoms with E-state index in [4.69, 9.17) is 0 Å². The molecule has 0 unspecified atom stereocenters. The maximum Gasteiger partial charge on any atom is 0.243 e. The maximum atomic E-state index is 13.3. The molecule has 0 amide bonds. The van der Waals surface area contributed by atoms with Crippen LogP contribution >= 0.6 is 0 Å². The summed E-state index contributed by atoms with van der Waals surface area (Å²) < 4.78 is 43.1. The van der Waals surface area contributed by atoms with E-state index in [0.29, 0.717) is 25.1 Å². The van der Waals surface area contributed by atoms with E-state index in [9.17, 15) is 12.8 Å². The first-order chi connectivity index (χ1) is 11.9. The Balaban J connectivity index is 1.78. The fourth-order valence-corrected chi connectivity index (χ4v) is 5.37. The topological polar surface area (TPSA) is 42.3 Å². The highest BCUT2D eigenvalue weighted by Crippen LogP contribution is 2.33. The number of halogens is 1. The Bertz CT molecular complexity index is 1090. The first-order valence-corrected chi connectivity index (χ1v) is 9.65. The average molecular weight is 358 g/mol. The van der Waals surface area contributed by atoms with Gasteiger partial charge in [0.2, 0.25) is 10.0 Å². The number of nitrogens with zero attached hydrogens (tertiary/aromatic N) is 2. The first-order valence-electron chi connectivity index (χ1n) is 8.21. The second kappa shape index (κ2) is 5.68. The van der Waals surface area contributed by atoms with Gasteiger partial charge in [0.1, 0.15) is 5.82 Å². The lowest BCUT2D eigenvalue weighted by molar-refractivity contribution is 0.387. The quantitative estimate of drug-likeness (QED) is 0.705. The molecule has 0 saturated carbocycles. The Morgan fingerprint density at radius 3 is 2.64 bits per heavy atom. The van der Waals surface area contributed by atoms with E-state index in [1.54, 1.807) is 6.92 Å². The SMILES string of the molecule is Cc1cc(F)ccc1S(=O)(=O)N1CCc2c(c3ccccc3n2C)C1. The third kappa shape index (κ3) is 2.48. The van der Waals surface area contributed by atoms with Gasteiger partial charge in [-0.3, -0.25) is 0 Å². The minimum absolute atomic E-state index is 0.178. The van der Waals surface area contributed by atoms with Crippen LogP contribution in [0.25, 0.3) is 10.9 Å². The van der Waals surface area contributed by atoms with Crippen molar-refractivity contribution in [2.45, 2.75) is 24.8 Å². The summed E-state index contributed by atoms with van der Waals surface area (Å²) in [6.07, 6.45) is 0.667. The van der Waals surface area contributed by atoms with Crippen LogP contribution in [0, 0.1) is 12.7 Å². The largest absolute Gasteiger partial charge is 0.347 e. The van der Waals surface area contributed by atoms with Crippen LogP contribution in [0.2, 0.25) is 0 Å². The number of sulfonamides is 1. The average Bonchev–Trinajstić information content (AvgIpc) is 2.87. The van der Waals surface area contributed by atoms with Crippen molar-refractivity contribution in [3.63, 3.8) is 0 Å². The second-order valence-electron chi connectivity index (χ2n) is 6.50. The molecule has 1 aliphatic rings. The molecule has 1 aromatic heterocycles. The molecule has 4 rings (SSSR count). The fraction of sp³-hybridized carbons (Fsp3) is 0.263. The van der Waals surface area contributed by atoms with Crippen LogP contribution in [0.3, 0.4) is 0 Å². The molecule has 2 aromatic carbocycles. The van der Waals surface area contributed by atoms with E-state index < -0.39 is 15.8 Å². The second-order valence-corrected chi connectivity index (χ2v) is 8.41. The summed E-state index contributed by atoms with van der Waals surface area (Å²) in [6.45, 7) is 2.40. The van der Waals surface area contributed by atoms with E-state index in [0.717, 1.165) is 16.5 Å². The normalized spacial score (nSPS) is 15.5. The van der Waals surface area contributed by atoms with Gasteiger partial charge in [0.05, 0.1) is 4.90 Å². The zero-order valence-corrected chi connectivity index (χ0v) is 15.0. The minimum Gasteiger partial charge on any atom is -0.347 e. The van der Waals surface area contributed by atoms with Gasteiger partial charge in [0, 0.05) is 43.2 Å². The molecule has 0 radical (unpaired) electrons. The maximum absolute atomic E-state index is 13.3. The fourth-order valence-electron chi connectivity index (χ4n) is 3.75. The molecule has 0 atom stereocenters. The number of fused-ring (bicyclic) bond motifs is 3. The third-order valence-electron chi connectivity index (χ3n) is 5.03. The highest BCUT2D eigenvalue weighted by Gasteiger charge is 2.32. The predicted molar refractivity (Wildman–Crippen MR) is 95.4 cm³/mol. The number of aryl methyl sites for hydroxylation is 2. The summed E-state index contributed by atoms with van der Waals surface area (Å²) in [7, 11) is -1.63. The van der Waals surface area contributed by atoms with Crippen molar-refractivity contribution in [3.8, 4) is 0 Å². The zero-order chi connectivity index (χ0) is 17.8. The van der Waals surface area contributed by atoms with Crippen molar-refractivity contribution in [2.75, 3.05) is 6.54 Å². The summed E-state index contributed by atoms with van der Waals surface area (Å²) >= 11 is 0. The highest BCUT2D eigenvalue weighted by atomic mass is 32.2. The lowest BCUT2D eigenvalue weighted by Gasteiger charge is -2.27. The van der Waals surface area contributed by atoms with Gasteiger partial charge in [0.15, 0.2) is 0 Å². The summed E-state index contributed by atoms with van der Waals surface area (Å²) in [5, 5.41) is 1.09. The highest BCUT2D eigenvalue weighted by molar-refractivity contribution is 7.89. The van der Waals surface area contributed by atoms with Crippen LogP contribution in [-0.2, 0) is 30.0 Å². The molecule has 1 aliphatic heterocycles. The van der Waals surface area contributed by atoms with E-state index >= 15 is 0 Å². The number of benzene rings is 2. The molecule has 6 heteroatoms. The van der Waals surface area contributed by atoms with Gasteiger partial charge in [-0.25, -0.2) is 12.8 Å². The molecule has 0 fully saturated rings. The van der Waals surface area contributed by atoms with Gasteiger partial charge < -0.3 is 4.57 Å². The third-order valence-corrected chi connectivity index (χ3v) is 7.04. The Labute approximate surface area is 146 Å².